The Hall–Kier alpha value is -1.84. The lowest BCUT2D eigenvalue weighted by atomic mass is 10.0. The minimum atomic E-state index is 0.0551. The number of aliphatic hydroxyl groups is 1. The molecule has 112 valence electrons. The molecule has 3 nitrogen and oxygen atoms in total. The van der Waals surface area contributed by atoms with Gasteiger partial charge in [-0.2, -0.15) is 0 Å². The highest BCUT2D eigenvalue weighted by Gasteiger charge is 2.12. The fourth-order valence-corrected chi connectivity index (χ4v) is 2.52. The van der Waals surface area contributed by atoms with E-state index in [0.717, 1.165) is 12.8 Å². The van der Waals surface area contributed by atoms with Crippen molar-refractivity contribution in [3.63, 3.8) is 0 Å². The summed E-state index contributed by atoms with van der Waals surface area (Å²) in [6.07, 6.45) is 1.68. The summed E-state index contributed by atoms with van der Waals surface area (Å²) in [5, 5.41) is 22.3. The van der Waals surface area contributed by atoms with Gasteiger partial charge in [0.1, 0.15) is 5.75 Å². The van der Waals surface area contributed by atoms with Crippen molar-refractivity contribution in [1.82, 2.24) is 5.32 Å². The highest BCUT2D eigenvalue weighted by atomic mass is 16.3. The first-order valence-electron chi connectivity index (χ1n) is 7.36. The van der Waals surface area contributed by atoms with Crippen molar-refractivity contribution in [3.05, 3.63) is 65.7 Å². The molecule has 3 heteroatoms. The molecular formula is C18H23NO2. The average molecular weight is 285 g/mol. The maximum Gasteiger partial charge on any atom is 0.115 e. The van der Waals surface area contributed by atoms with E-state index >= 15 is 0 Å². The zero-order valence-electron chi connectivity index (χ0n) is 12.4. The molecule has 3 N–H and O–H groups in total. The maximum absolute atomic E-state index is 9.54. The van der Waals surface area contributed by atoms with Crippen LogP contribution in [0.5, 0.6) is 5.75 Å². The second-order valence-electron chi connectivity index (χ2n) is 5.51. The molecule has 0 aliphatic carbocycles. The van der Waals surface area contributed by atoms with Crippen molar-refractivity contribution in [1.29, 1.82) is 0 Å². The normalized spacial score (nSPS) is 13.8. The highest BCUT2D eigenvalue weighted by molar-refractivity contribution is 5.26. The standard InChI is InChI=1S/C18H23NO2/c1-14(11-16-7-9-18(21)10-8-16)19-17(13-20)12-15-5-3-2-4-6-15/h2-10,14,17,19-21H,11-13H2,1H3/t14?,17-/m1/s1. The molecule has 0 heterocycles. The van der Waals surface area contributed by atoms with E-state index in [-0.39, 0.29) is 24.4 Å². The van der Waals surface area contributed by atoms with Crippen LogP contribution in [-0.4, -0.2) is 28.9 Å². The molecule has 0 aliphatic rings. The molecule has 2 atom stereocenters. The van der Waals surface area contributed by atoms with Gasteiger partial charge in [0.2, 0.25) is 0 Å². The molecular weight excluding hydrogens is 262 g/mol. The Morgan fingerprint density at radius 2 is 1.52 bits per heavy atom. The second kappa shape index (κ2) is 7.81. The van der Waals surface area contributed by atoms with E-state index in [4.69, 9.17) is 0 Å². The van der Waals surface area contributed by atoms with Gasteiger partial charge in [0, 0.05) is 12.1 Å². The van der Waals surface area contributed by atoms with Crippen LogP contribution in [0.2, 0.25) is 0 Å². The fourth-order valence-electron chi connectivity index (χ4n) is 2.52. The molecule has 2 aromatic rings. The summed E-state index contributed by atoms with van der Waals surface area (Å²) in [4.78, 5) is 0. The number of aromatic hydroxyl groups is 1. The van der Waals surface area contributed by atoms with Crippen LogP contribution in [-0.2, 0) is 12.8 Å². The number of benzene rings is 2. The van der Waals surface area contributed by atoms with Crippen molar-refractivity contribution in [2.75, 3.05) is 6.61 Å². The SMILES string of the molecule is CC(Cc1ccc(O)cc1)N[C@@H](CO)Cc1ccccc1. The van der Waals surface area contributed by atoms with E-state index in [1.807, 2.05) is 30.3 Å². The zero-order valence-corrected chi connectivity index (χ0v) is 12.4. The minimum Gasteiger partial charge on any atom is -0.508 e. The number of phenols is 1. The Morgan fingerprint density at radius 3 is 2.14 bits per heavy atom. The van der Waals surface area contributed by atoms with E-state index in [2.05, 4.69) is 24.4 Å². The molecule has 2 rings (SSSR count). The molecule has 0 fully saturated rings. The second-order valence-corrected chi connectivity index (χ2v) is 5.51. The quantitative estimate of drug-likeness (QED) is 0.732. The summed E-state index contributed by atoms with van der Waals surface area (Å²) in [6, 6.07) is 17.8. The Morgan fingerprint density at radius 1 is 0.905 bits per heavy atom. The molecule has 0 spiro atoms. The third kappa shape index (κ3) is 5.21. The summed E-state index contributed by atoms with van der Waals surface area (Å²) in [5.74, 6) is 0.289. The van der Waals surface area contributed by atoms with Gasteiger partial charge in [-0.25, -0.2) is 0 Å². The number of aliphatic hydroxyl groups excluding tert-OH is 1. The minimum absolute atomic E-state index is 0.0551. The van der Waals surface area contributed by atoms with Crippen molar-refractivity contribution in [2.24, 2.45) is 0 Å². The van der Waals surface area contributed by atoms with Crippen LogP contribution in [0.25, 0.3) is 0 Å². The molecule has 0 aliphatic heterocycles. The van der Waals surface area contributed by atoms with Crippen molar-refractivity contribution < 1.29 is 10.2 Å². The molecule has 2 aromatic carbocycles. The predicted molar refractivity (Wildman–Crippen MR) is 85.4 cm³/mol. The summed E-state index contributed by atoms with van der Waals surface area (Å²) >= 11 is 0. The van der Waals surface area contributed by atoms with Crippen LogP contribution in [0.15, 0.2) is 54.6 Å². The molecule has 0 saturated heterocycles. The lowest BCUT2D eigenvalue weighted by Crippen LogP contribution is -2.41. The predicted octanol–water partition coefficient (Wildman–Crippen LogP) is 2.52. The van der Waals surface area contributed by atoms with Crippen LogP contribution in [0.3, 0.4) is 0 Å². The van der Waals surface area contributed by atoms with E-state index < -0.39 is 0 Å². The highest BCUT2D eigenvalue weighted by Crippen LogP contribution is 2.12. The topological polar surface area (TPSA) is 52.5 Å². The van der Waals surface area contributed by atoms with Crippen molar-refractivity contribution >= 4 is 0 Å². The Bertz CT molecular complexity index is 525. The smallest absolute Gasteiger partial charge is 0.115 e. The number of rotatable bonds is 7. The zero-order chi connectivity index (χ0) is 15.1. The molecule has 0 saturated carbocycles. The van der Waals surface area contributed by atoms with Gasteiger partial charge in [-0.15, -0.1) is 0 Å². The van der Waals surface area contributed by atoms with Gasteiger partial charge in [0.05, 0.1) is 6.61 Å². The average Bonchev–Trinajstić information content (AvgIpc) is 2.50. The summed E-state index contributed by atoms with van der Waals surface area (Å²) in [6.45, 7) is 2.23. The van der Waals surface area contributed by atoms with E-state index in [0.29, 0.717) is 0 Å². The molecule has 0 radical (unpaired) electrons. The van der Waals surface area contributed by atoms with Crippen LogP contribution in [0.4, 0.5) is 0 Å². The van der Waals surface area contributed by atoms with Crippen molar-refractivity contribution in [3.8, 4) is 5.75 Å². The van der Waals surface area contributed by atoms with E-state index in [1.54, 1.807) is 12.1 Å². The van der Waals surface area contributed by atoms with Crippen LogP contribution in [0.1, 0.15) is 18.1 Å². The molecule has 0 aromatic heterocycles. The number of hydrogen-bond acceptors (Lipinski definition) is 3. The van der Waals surface area contributed by atoms with Crippen LogP contribution < -0.4 is 5.32 Å². The van der Waals surface area contributed by atoms with Gasteiger partial charge >= 0.3 is 0 Å². The Kier molecular flexibility index (Phi) is 5.78. The number of nitrogens with one attached hydrogen (secondary N) is 1. The lowest BCUT2D eigenvalue weighted by Gasteiger charge is -2.22. The van der Waals surface area contributed by atoms with E-state index in [1.165, 1.54) is 11.1 Å². The van der Waals surface area contributed by atoms with E-state index in [9.17, 15) is 10.2 Å². The van der Waals surface area contributed by atoms with Gasteiger partial charge in [0.15, 0.2) is 0 Å². The molecule has 21 heavy (non-hydrogen) atoms. The summed E-state index contributed by atoms with van der Waals surface area (Å²) < 4.78 is 0. The van der Waals surface area contributed by atoms with Crippen LogP contribution in [0, 0.1) is 0 Å². The van der Waals surface area contributed by atoms with Gasteiger partial charge < -0.3 is 15.5 Å². The first-order chi connectivity index (χ1) is 10.2. The monoisotopic (exact) mass is 285 g/mol. The molecule has 0 bridgehead atoms. The first-order valence-corrected chi connectivity index (χ1v) is 7.36. The Balaban J connectivity index is 1.87. The number of hydrogen-bond donors (Lipinski definition) is 3. The largest absolute Gasteiger partial charge is 0.508 e. The van der Waals surface area contributed by atoms with Gasteiger partial charge in [0.25, 0.3) is 0 Å². The molecule has 0 amide bonds. The lowest BCUT2D eigenvalue weighted by molar-refractivity contribution is 0.232. The summed E-state index contributed by atoms with van der Waals surface area (Å²) in [7, 11) is 0. The maximum atomic E-state index is 9.54. The third-order valence-corrected chi connectivity index (χ3v) is 3.54. The van der Waals surface area contributed by atoms with Gasteiger partial charge in [-0.3, -0.25) is 0 Å². The van der Waals surface area contributed by atoms with Crippen molar-refractivity contribution in [2.45, 2.75) is 31.8 Å². The number of phenolic OH excluding ortho intramolecular Hbond substituents is 1. The van der Waals surface area contributed by atoms with Crippen LogP contribution >= 0.6 is 0 Å². The summed E-state index contributed by atoms with van der Waals surface area (Å²) in [5.41, 5.74) is 2.39. The first kappa shape index (κ1) is 15.5. The van der Waals surface area contributed by atoms with Gasteiger partial charge in [-0.05, 0) is 43.0 Å². The molecule has 1 unspecified atom stereocenters. The fraction of sp³-hybridized carbons (Fsp3) is 0.333. The van der Waals surface area contributed by atoms with Gasteiger partial charge in [-0.1, -0.05) is 42.5 Å². The Labute approximate surface area is 126 Å². The third-order valence-electron chi connectivity index (χ3n) is 3.54.